The predicted octanol–water partition coefficient (Wildman–Crippen LogP) is 0.702. The first-order valence-corrected chi connectivity index (χ1v) is 5.94. The minimum absolute atomic E-state index is 0.342. The number of hydrogen-bond donors (Lipinski definition) is 1. The molecule has 1 atom stereocenters. The molecule has 7 nitrogen and oxygen atoms in total. The van der Waals surface area contributed by atoms with E-state index in [1.165, 1.54) is 31.9 Å². The summed E-state index contributed by atoms with van der Waals surface area (Å²) in [5.74, 6) is 0.719. The van der Waals surface area contributed by atoms with Gasteiger partial charge >= 0.3 is 0 Å². The monoisotopic (exact) mass is 267 g/mol. The molecule has 96 valence electrons. The van der Waals surface area contributed by atoms with E-state index in [1.54, 1.807) is 0 Å². The van der Waals surface area contributed by atoms with E-state index in [2.05, 4.69) is 19.6 Å². The maximum atomic E-state index is 6.14. The first kappa shape index (κ1) is 12.7. The molecule has 2 aromatic heterocycles. The quantitative estimate of drug-likeness (QED) is 0.871. The van der Waals surface area contributed by atoms with Gasteiger partial charge in [-0.05, 0) is 18.5 Å². The van der Waals surface area contributed by atoms with Crippen LogP contribution in [-0.4, -0.2) is 33.8 Å². The number of ether oxygens (including phenoxy) is 2. The lowest BCUT2D eigenvalue weighted by molar-refractivity contribution is 0.355. The maximum absolute atomic E-state index is 6.14. The number of hydrogen-bond acceptors (Lipinski definition) is 8. The lowest BCUT2D eigenvalue weighted by Gasteiger charge is -2.12. The minimum Gasteiger partial charge on any atom is -0.480 e. The average molecular weight is 267 g/mol. The van der Waals surface area contributed by atoms with E-state index in [0.717, 1.165) is 10.6 Å². The third-order valence-electron chi connectivity index (χ3n) is 2.41. The predicted molar refractivity (Wildman–Crippen MR) is 65.8 cm³/mol. The van der Waals surface area contributed by atoms with Crippen LogP contribution < -0.4 is 15.2 Å². The molecular weight excluding hydrogens is 254 g/mol. The molecule has 0 fully saturated rings. The van der Waals surface area contributed by atoms with Crippen molar-refractivity contribution in [2.45, 2.75) is 13.0 Å². The molecule has 0 saturated carbocycles. The van der Waals surface area contributed by atoms with Gasteiger partial charge in [-0.1, -0.05) is 4.49 Å². The van der Waals surface area contributed by atoms with Gasteiger partial charge in [-0.2, -0.15) is 4.98 Å². The summed E-state index contributed by atoms with van der Waals surface area (Å²) in [6, 6.07) is -0.460. The summed E-state index contributed by atoms with van der Waals surface area (Å²) < 4.78 is 14.0. The van der Waals surface area contributed by atoms with E-state index < -0.39 is 6.04 Å². The Bertz CT molecular complexity index is 545. The van der Waals surface area contributed by atoms with Crippen LogP contribution in [0.15, 0.2) is 6.20 Å². The topological polar surface area (TPSA) is 96.0 Å². The molecule has 0 aromatic carbocycles. The van der Waals surface area contributed by atoms with Crippen molar-refractivity contribution in [3.63, 3.8) is 0 Å². The van der Waals surface area contributed by atoms with Gasteiger partial charge in [0.1, 0.15) is 5.69 Å². The van der Waals surface area contributed by atoms with Crippen LogP contribution in [0, 0.1) is 6.92 Å². The molecule has 2 rings (SSSR count). The van der Waals surface area contributed by atoms with Crippen LogP contribution >= 0.6 is 11.5 Å². The van der Waals surface area contributed by atoms with Gasteiger partial charge in [0.25, 0.3) is 0 Å². The second kappa shape index (κ2) is 5.23. The van der Waals surface area contributed by atoms with E-state index in [4.69, 9.17) is 15.2 Å². The molecule has 8 heteroatoms. The third kappa shape index (κ3) is 2.24. The highest BCUT2D eigenvalue weighted by atomic mass is 32.1. The van der Waals surface area contributed by atoms with Gasteiger partial charge in [-0.25, -0.2) is 4.98 Å². The first-order chi connectivity index (χ1) is 8.67. The summed E-state index contributed by atoms with van der Waals surface area (Å²) in [5, 5.41) is 3.93. The number of rotatable bonds is 4. The van der Waals surface area contributed by atoms with Gasteiger partial charge in [0.2, 0.25) is 11.8 Å². The van der Waals surface area contributed by atoms with Crippen molar-refractivity contribution in [2.75, 3.05) is 14.2 Å². The number of aryl methyl sites for hydroxylation is 1. The van der Waals surface area contributed by atoms with Crippen molar-refractivity contribution in [3.05, 3.63) is 22.5 Å². The number of methoxy groups -OCH3 is 2. The molecule has 0 aliphatic rings. The first-order valence-electron chi connectivity index (χ1n) is 5.16. The van der Waals surface area contributed by atoms with Crippen molar-refractivity contribution < 1.29 is 9.47 Å². The molecule has 2 aromatic rings. The normalized spacial score (nSPS) is 12.2. The minimum atomic E-state index is -0.460. The molecule has 0 aliphatic heterocycles. The van der Waals surface area contributed by atoms with Gasteiger partial charge in [-0.15, -0.1) is 5.10 Å². The number of nitrogens with two attached hydrogens (primary N) is 1. The lowest BCUT2D eigenvalue weighted by atomic mass is 10.1. The second-order valence-corrected chi connectivity index (χ2v) is 4.29. The van der Waals surface area contributed by atoms with E-state index in [1.807, 2.05) is 6.92 Å². The van der Waals surface area contributed by atoms with E-state index in [9.17, 15) is 0 Å². The Kier molecular flexibility index (Phi) is 3.68. The standard InChI is InChI=1S/C10H13N5O2S/c1-5-9(18-15-14-5)7(11)8-10(17-3)13-6(16-2)4-12-8/h4,7H,11H2,1-3H3. The van der Waals surface area contributed by atoms with Crippen molar-refractivity contribution in [1.82, 2.24) is 19.6 Å². The van der Waals surface area contributed by atoms with Gasteiger partial charge in [0.15, 0.2) is 0 Å². The average Bonchev–Trinajstić information content (AvgIpc) is 2.83. The number of nitrogens with zero attached hydrogens (tertiary/aromatic N) is 4. The molecule has 0 radical (unpaired) electrons. The summed E-state index contributed by atoms with van der Waals surface area (Å²) in [6.07, 6.45) is 1.50. The fraction of sp³-hybridized carbons (Fsp3) is 0.400. The largest absolute Gasteiger partial charge is 0.480 e. The van der Waals surface area contributed by atoms with E-state index in [0.29, 0.717) is 17.5 Å². The maximum Gasteiger partial charge on any atom is 0.240 e. The molecule has 2 N–H and O–H groups in total. The molecule has 0 spiro atoms. The van der Waals surface area contributed by atoms with Gasteiger partial charge in [0, 0.05) is 0 Å². The molecule has 1 unspecified atom stereocenters. The van der Waals surface area contributed by atoms with Crippen LogP contribution in [0.2, 0.25) is 0 Å². The fourth-order valence-electron chi connectivity index (χ4n) is 1.48. The zero-order chi connectivity index (χ0) is 13.1. The smallest absolute Gasteiger partial charge is 0.240 e. The summed E-state index contributed by atoms with van der Waals surface area (Å²) in [4.78, 5) is 9.22. The highest BCUT2D eigenvalue weighted by Gasteiger charge is 2.21. The summed E-state index contributed by atoms with van der Waals surface area (Å²) in [7, 11) is 3.03. The van der Waals surface area contributed by atoms with Crippen molar-refractivity contribution >= 4 is 11.5 Å². The molecule has 2 heterocycles. The summed E-state index contributed by atoms with van der Waals surface area (Å²) in [6.45, 7) is 1.85. The van der Waals surface area contributed by atoms with Crippen LogP contribution in [0.3, 0.4) is 0 Å². The second-order valence-electron chi connectivity index (χ2n) is 3.51. The Hall–Kier alpha value is -1.80. The summed E-state index contributed by atoms with van der Waals surface area (Å²) in [5.41, 5.74) is 7.46. The van der Waals surface area contributed by atoms with Crippen LogP contribution in [0.5, 0.6) is 11.8 Å². The van der Waals surface area contributed by atoms with Crippen LogP contribution in [0.4, 0.5) is 0 Å². The van der Waals surface area contributed by atoms with Crippen molar-refractivity contribution in [1.29, 1.82) is 0 Å². The van der Waals surface area contributed by atoms with Gasteiger partial charge < -0.3 is 15.2 Å². The van der Waals surface area contributed by atoms with Crippen molar-refractivity contribution in [2.24, 2.45) is 5.73 Å². The van der Waals surface area contributed by atoms with E-state index >= 15 is 0 Å². The number of aromatic nitrogens is 4. The SMILES string of the molecule is COc1cnc(C(N)c2snnc2C)c(OC)n1. The molecule has 0 aliphatic carbocycles. The Morgan fingerprint density at radius 3 is 2.67 bits per heavy atom. The highest BCUT2D eigenvalue weighted by molar-refractivity contribution is 7.05. The Labute approximate surface area is 108 Å². The van der Waals surface area contributed by atoms with Crippen molar-refractivity contribution in [3.8, 4) is 11.8 Å². The Morgan fingerprint density at radius 1 is 1.33 bits per heavy atom. The van der Waals surface area contributed by atoms with Gasteiger partial charge in [-0.3, -0.25) is 0 Å². The van der Waals surface area contributed by atoms with Crippen LogP contribution in [-0.2, 0) is 0 Å². The Morgan fingerprint density at radius 2 is 2.11 bits per heavy atom. The van der Waals surface area contributed by atoms with Crippen LogP contribution in [0.25, 0.3) is 0 Å². The highest BCUT2D eigenvalue weighted by Crippen LogP contribution is 2.29. The molecule has 0 bridgehead atoms. The molecule has 18 heavy (non-hydrogen) atoms. The zero-order valence-electron chi connectivity index (χ0n) is 10.2. The van der Waals surface area contributed by atoms with E-state index in [-0.39, 0.29) is 0 Å². The van der Waals surface area contributed by atoms with Gasteiger partial charge in [0.05, 0.1) is 37.0 Å². The lowest BCUT2D eigenvalue weighted by Crippen LogP contribution is -2.15. The molecule has 0 saturated heterocycles. The Balaban J connectivity index is 2.41. The zero-order valence-corrected chi connectivity index (χ0v) is 11.1. The molecule has 0 amide bonds. The third-order valence-corrected chi connectivity index (χ3v) is 3.32. The van der Waals surface area contributed by atoms with Crippen LogP contribution in [0.1, 0.15) is 22.3 Å². The summed E-state index contributed by atoms with van der Waals surface area (Å²) >= 11 is 1.24. The molecular formula is C10H13N5O2S. The fourth-order valence-corrected chi connectivity index (χ4v) is 2.12.